The fraction of sp³-hybridized carbons (Fsp3) is 0.692. The third kappa shape index (κ3) is 4.98. The van der Waals surface area contributed by atoms with Gasteiger partial charge in [0, 0.05) is 24.8 Å². The summed E-state index contributed by atoms with van der Waals surface area (Å²) in [5.74, 6) is 1.69. The minimum absolute atomic E-state index is 0.173. The fourth-order valence-corrected chi connectivity index (χ4v) is 1.90. The summed E-state index contributed by atoms with van der Waals surface area (Å²) in [4.78, 5) is 11.1. The Kier molecular flexibility index (Phi) is 6.60. The minimum Gasteiger partial charge on any atom is -0.395 e. The maximum absolute atomic E-state index is 9.04. The Morgan fingerprint density at radius 2 is 2.06 bits per heavy atom. The van der Waals surface area contributed by atoms with Crippen molar-refractivity contribution in [3.05, 3.63) is 17.6 Å². The molecule has 102 valence electrons. The van der Waals surface area contributed by atoms with Gasteiger partial charge in [0.05, 0.1) is 13.2 Å². The fourth-order valence-electron chi connectivity index (χ4n) is 1.90. The van der Waals surface area contributed by atoms with Gasteiger partial charge in [0.15, 0.2) is 0 Å². The number of hydrogen-bond donors (Lipinski definition) is 2. The second-order valence-electron chi connectivity index (χ2n) is 4.34. The van der Waals surface area contributed by atoms with Crippen LogP contribution in [0.3, 0.4) is 0 Å². The summed E-state index contributed by atoms with van der Waals surface area (Å²) < 4.78 is 0. The summed E-state index contributed by atoms with van der Waals surface area (Å²) in [6.45, 7) is 9.49. The van der Waals surface area contributed by atoms with E-state index in [-0.39, 0.29) is 6.61 Å². The monoisotopic (exact) mass is 252 g/mol. The van der Waals surface area contributed by atoms with E-state index in [1.165, 1.54) is 0 Å². The molecule has 0 saturated heterocycles. The van der Waals surface area contributed by atoms with E-state index in [4.69, 9.17) is 5.11 Å². The molecule has 0 amide bonds. The van der Waals surface area contributed by atoms with Crippen LogP contribution in [0.4, 0.5) is 5.82 Å². The SMILES string of the molecule is CCCN(CCO)Cc1nc(C)cc(NCC)n1. The molecule has 0 aliphatic carbocycles. The van der Waals surface area contributed by atoms with Crippen molar-refractivity contribution in [2.45, 2.75) is 33.7 Å². The minimum atomic E-state index is 0.173. The van der Waals surface area contributed by atoms with Crippen molar-refractivity contribution in [2.75, 3.05) is 31.6 Å². The molecule has 5 nitrogen and oxygen atoms in total. The summed E-state index contributed by atoms with van der Waals surface area (Å²) >= 11 is 0. The van der Waals surface area contributed by atoms with E-state index >= 15 is 0 Å². The van der Waals surface area contributed by atoms with E-state index < -0.39 is 0 Å². The Labute approximate surface area is 109 Å². The number of hydrogen-bond acceptors (Lipinski definition) is 5. The number of rotatable bonds is 8. The molecule has 0 bridgehead atoms. The second kappa shape index (κ2) is 8.00. The number of nitrogens with zero attached hydrogens (tertiary/aromatic N) is 3. The third-order valence-corrected chi connectivity index (χ3v) is 2.58. The summed E-state index contributed by atoms with van der Waals surface area (Å²) in [5, 5.41) is 12.2. The lowest BCUT2D eigenvalue weighted by Crippen LogP contribution is -2.28. The topological polar surface area (TPSA) is 61.3 Å². The molecule has 0 unspecified atom stereocenters. The second-order valence-corrected chi connectivity index (χ2v) is 4.34. The zero-order chi connectivity index (χ0) is 13.4. The van der Waals surface area contributed by atoms with Crippen molar-refractivity contribution >= 4 is 5.82 Å². The number of nitrogens with one attached hydrogen (secondary N) is 1. The van der Waals surface area contributed by atoms with E-state index in [0.29, 0.717) is 13.1 Å². The van der Waals surface area contributed by atoms with Crippen LogP contribution < -0.4 is 5.32 Å². The molecule has 5 heteroatoms. The summed E-state index contributed by atoms with van der Waals surface area (Å²) in [7, 11) is 0. The smallest absolute Gasteiger partial charge is 0.144 e. The van der Waals surface area contributed by atoms with Crippen LogP contribution in [0.25, 0.3) is 0 Å². The molecule has 0 aliphatic heterocycles. The number of aliphatic hydroxyl groups excluding tert-OH is 1. The Morgan fingerprint density at radius 1 is 1.28 bits per heavy atom. The molecule has 0 aliphatic rings. The van der Waals surface area contributed by atoms with Crippen molar-refractivity contribution in [3.63, 3.8) is 0 Å². The number of aryl methyl sites for hydroxylation is 1. The molecule has 18 heavy (non-hydrogen) atoms. The van der Waals surface area contributed by atoms with Crippen molar-refractivity contribution in [1.82, 2.24) is 14.9 Å². The molecule has 0 aromatic carbocycles. The Hall–Kier alpha value is -1.20. The van der Waals surface area contributed by atoms with E-state index in [9.17, 15) is 0 Å². The summed E-state index contributed by atoms with van der Waals surface area (Å²) in [6, 6.07) is 1.95. The highest BCUT2D eigenvalue weighted by Crippen LogP contribution is 2.08. The van der Waals surface area contributed by atoms with Gasteiger partial charge >= 0.3 is 0 Å². The highest BCUT2D eigenvalue weighted by molar-refractivity contribution is 5.35. The first-order valence-corrected chi connectivity index (χ1v) is 6.61. The number of aromatic nitrogens is 2. The molecular formula is C13H24N4O. The Morgan fingerprint density at radius 3 is 2.67 bits per heavy atom. The largest absolute Gasteiger partial charge is 0.395 e. The zero-order valence-electron chi connectivity index (χ0n) is 11.6. The molecule has 1 heterocycles. The van der Waals surface area contributed by atoms with Gasteiger partial charge in [-0.25, -0.2) is 9.97 Å². The summed E-state index contributed by atoms with van der Waals surface area (Å²) in [5.41, 5.74) is 0.969. The highest BCUT2D eigenvalue weighted by atomic mass is 16.3. The number of anilines is 1. The van der Waals surface area contributed by atoms with Crippen molar-refractivity contribution in [3.8, 4) is 0 Å². The molecule has 0 saturated carbocycles. The third-order valence-electron chi connectivity index (χ3n) is 2.58. The van der Waals surface area contributed by atoms with Crippen LogP contribution in [-0.2, 0) is 6.54 Å². The van der Waals surface area contributed by atoms with E-state index in [0.717, 1.165) is 36.8 Å². The quantitative estimate of drug-likeness (QED) is 0.732. The van der Waals surface area contributed by atoms with Gasteiger partial charge in [-0.1, -0.05) is 6.92 Å². The van der Waals surface area contributed by atoms with Gasteiger partial charge in [0.2, 0.25) is 0 Å². The maximum atomic E-state index is 9.04. The van der Waals surface area contributed by atoms with Crippen LogP contribution in [-0.4, -0.2) is 46.2 Å². The van der Waals surface area contributed by atoms with Crippen molar-refractivity contribution in [1.29, 1.82) is 0 Å². The average Bonchev–Trinajstić information content (AvgIpc) is 2.29. The average molecular weight is 252 g/mol. The lowest BCUT2D eigenvalue weighted by Gasteiger charge is -2.19. The lowest BCUT2D eigenvalue weighted by atomic mass is 10.3. The van der Waals surface area contributed by atoms with Gasteiger partial charge in [-0.15, -0.1) is 0 Å². The van der Waals surface area contributed by atoms with Crippen LogP contribution in [0.15, 0.2) is 6.07 Å². The van der Waals surface area contributed by atoms with Crippen LogP contribution in [0.1, 0.15) is 31.8 Å². The molecule has 0 atom stereocenters. The molecule has 0 radical (unpaired) electrons. The predicted octanol–water partition coefficient (Wildman–Crippen LogP) is 1.42. The van der Waals surface area contributed by atoms with E-state index in [1.807, 2.05) is 19.9 Å². The molecule has 2 N–H and O–H groups in total. The van der Waals surface area contributed by atoms with Gasteiger partial charge in [0.25, 0.3) is 0 Å². The van der Waals surface area contributed by atoms with Gasteiger partial charge in [-0.3, -0.25) is 4.90 Å². The first kappa shape index (κ1) is 14.9. The lowest BCUT2D eigenvalue weighted by molar-refractivity contribution is 0.187. The van der Waals surface area contributed by atoms with E-state index in [1.54, 1.807) is 0 Å². The van der Waals surface area contributed by atoms with Gasteiger partial charge in [0.1, 0.15) is 11.6 Å². The standard InChI is InChI=1S/C13H24N4O/c1-4-6-17(7-8-18)10-13-15-11(3)9-12(16-13)14-5-2/h9,18H,4-8,10H2,1-3H3,(H,14,15,16). The van der Waals surface area contributed by atoms with Gasteiger partial charge in [-0.05, 0) is 26.8 Å². The Bertz CT molecular complexity index is 351. The van der Waals surface area contributed by atoms with Crippen LogP contribution in [0, 0.1) is 6.92 Å². The van der Waals surface area contributed by atoms with E-state index in [2.05, 4.69) is 27.1 Å². The van der Waals surface area contributed by atoms with Gasteiger partial charge < -0.3 is 10.4 Å². The van der Waals surface area contributed by atoms with Crippen molar-refractivity contribution in [2.24, 2.45) is 0 Å². The van der Waals surface area contributed by atoms with Crippen molar-refractivity contribution < 1.29 is 5.11 Å². The molecule has 1 rings (SSSR count). The predicted molar refractivity (Wildman–Crippen MR) is 73.6 cm³/mol. The molecular weight excluding hydrogens is 228 g/mol. The molecule has 1 aromatic rings. The molecule has 1 aromatic heterocycles. The molecule has 0 spiro atoms. The Balaban J connectivity index is 2.74. The van der Waals surface area contributed by atoms with Crippen LogP contribution in [0.2, 0.25) is 0 Å². The molecule has 0 fully saturated rings. The first-order chi connectivity index (χ1) is 8.69. The van der Waals surface area contributed by atoms with Crippen LogP contribution >= 0.6 is 0 Å². The maximum Gasteiger partial charge on any atom is 0.144 e. The number of aliphatic hydroxyl groups is 1. The van der Waals surface area contributed by atoms with Crippen LogP contribution in [0.5, 0.6) is 0 Å². The normalized spacial score (nSPS) is 10.9. The highest BCUT2D eigenvalue weighted by Gasteiger charge is 2.08. The zero-order valence-corrected chi connectivity index (χ0v) is 11.6. The van der Waals surface area contributed by atoms with Gasteiger partial charge in [-0.2, -0.15) is 0 Å². The first-order valence-electron chi connectivity index (χ1n) is 6.61. The summed E-state index contributed by atoms with van der Waals surface area (Å²) in [6.07, 6.45) is 1.06.